The van der Waals surface area contributed by atoms with Crippen LogP contribution < -0.4 is 4.65 Å². The van der Waals surface area contributed by atoms with Crippen molar-refractivity contribution in [1.29, 1.82) is 0 Å². The first-order valence-corrected chi connectivity index (χ1v) is 6.26. The Kier molecular flexibility index (Phi) is 12.1. The van der Waals surface area contributed by atoms with Gasteiger partial charge in [0, 0.05) is 19.6 Å². The van der Waals surface area contributed by atoms with Crippen LogP contribution in [0, 0.1) is 0 Å². The molecule has 0 saturated heterocycles. The number of nitrogens with zero attached hydrogens (tertiary/aromatic N) is 1. The highest BCUT2D eigenvalue weighted by atomic mass is 16.6. The first kappa shape index (κ1) is 18.8. The second kappa shape index (κ2) is 12.9. The zero-order valence-corrected chi connectivity index (χ0v) is 11.3. The minimum Gasteiger partial charge on any atom is -0.512 e. The normalized spacial score (nSPS) is 9.90. The Bertz CT molecular complexity index is 300. The number of hydrogen-bond acceptors (Lipinski definition) is 7. The number of hydrogen-bond donors (Lipinski definition) is 5. The van der Waals surface area contributed by atoms with Gasteiger partial charge >= 0.3 is 7.32 Å². The van der Waals surface area contributed by atoms with Crippen LogP contribution in [0.15, 0.2) is 30.3 Å². The molecule has 1 aromatic rings. The Morgan fingerprint density at radius 2 is 1.30 bits per heavy atom. The summed E-state index contributed by atoms with van der Waals surface area (Å²) in [5.74, 6) is 0.442. The van der Waals surface area contributed by atoms with Crippen molar-refractivity contribution in [2.45, 2.75) is 0 Å². The van der Waals surface area contributed by atoms with E-state index in [1.807, 2.05) is 6.07 Å². The van der Waals surface area contributed by atoms with E-state index >= 15 is 0 Å². The van der Waals surface area contributed by atoms with Gasteiger partial charge in [-0.15, -0.1) is 0 Å². The van der Waals surface area contributed by atoms with Gasteiger partial charge in [-0.1, -0.05) is 18.2 Å². The van der Waals surface area contributed by atoms with Crippen LogP contribution >= 0.6 is 0 Å². The Morgan fingerprint density at radius 3 is 1.65 bits per heavy atom. The van der Waals surface area contributed by atoms with E-state index in [0.717, 1.165) is 0 Å². The van der Waals surface area contributed by atoms with Gasteiger partial charge in [0.05, 0.1) is 19.8 Å². The fraction of sp³-hybridized carbons (Fsp3) is 0.500. The van der Waals surface area contributed by atoms with Crippen LogP contribution in [0.1, 0.15) is 0 Å². The van der Waals surface area contributed by atoms with Crippen molar-refractivity contribution < 1.29 is 30.0 Å². The number of para-hydroxylation sites is 1. The van der Waals surface area contributed by atoms with Gasteiger partial charge in [-0.3, -0.25) is 4.90 Å². The fourth-order valence-corrected chi connectivity index (χ4v) is 1.38. The van der Waals surface area contributed by atoms with Crippen LogP contribution in [-0.4, -0.2) is 77.0 Å². The van der Waals surface area contributed by atoms with Gasteiger partial charge in [-0.05, 0) is 12.1 Å². The van der Waals surface area contributed by atoms with Gasteiger partial charge in [0.2, 0.25) is 0 Å². The molecule has 0 aliphatic rings. The molecule has 0 spiro atoms. The van der Waals surface area contributed by atoms with Crippen LogP contribution in [-0.2, 0) is 0 Å². The number of benzene rings is 1. The molecule has 0 saturated carbocycles. The molecule has 0 aliphatic carbocycles. The third kappa shape index (κ3) is 10.7. The predicted octanol–water partition coefficient (Wildman–Crippen LogP) is -1.70. The minimum absolute atomic E-state index is 0.0694. The highest BCUT2D eigenvalue weighted by Gasteiger charge is 2.09. The van der Waals surface area contributed by atoms with E-state index in [2.05, 4.69) is 4.65 Å². The first-order valence-electron chi connectivity index (χ1n) is 6.26. The number of aliphatic hydroxyl groups excluding tert-OH is 3. The standard InChI is InChI=1S/C6H7BO3.C6H15NO3/c8-7(9)10-6-4-2-1-3-5-6;8-4-1-7(2-5-9)3-6-10/h1-5,8-9H;8-10H,1-6H2. The lowest BCUT2D eigenvalue weighted by molar-refractivity contribution is 0.136. The van der Waals surface area contributed by atoms with Crippen molar-refractivity contribution in [3.05, 3.63) is 30.3 Å². The monoisotopic (exact) mass is 287 g/mol. The Morgan fingerprint density at radius 1 is 0.850 bits per heavy atom. The van der Waals surface area contributed by atoms with Crippen LogP contribution in [0.4, 0.5) is 0 Å². The van der Waals surface area contributed by atoms with Crippen LogP contribution in [0.25, 0.3) is 0 Å². The highest BCUT2D eigenvalue weighted by molar-refractivity contribution is 6.33. The van der Waals surface area contributed by atoms with Crippen molar-refractivity contribution in [3.8, 4) is 5.75 Å². The summed E-state index contributed by atoms with van der Waals surface area (Å²) in [7, 11) is -1.73. The molecule has 0 unspecified atom stereocenters. The molecule has 0 radical (unpaired) electrons. The molecule has 0 heterocycles. The third-order valence-corrected chi connectivity index (χ3v) is 2.23. The van der Waals surface area contributed by atoms with Gasteiger partial charge in [0.15, 0.2) is 0 Å². The maximum absolute atomic E-state index is 8.48. The first-order chi connectivity index (χ1) is 9.63. The molecule has 0 bridgehead atoms. The van der Waals surface area contributed by atoms with Gasteiger partial charge in [-0.25, -0.2) is 0 Å². The van der Waals surface area contributed by atoms with E-state index in [1.165, 1.54) is 0 Å². The maximum Gasteiger partial charge on any atom is 0.707 e. The lowest BCUT2D eigenvalue weighted by Gasteiger charge is -2.17. The summed E-state index contributed by atoms with van der Waals surface area (Å²) in [4.78, 5) is 1.79. The quantitative estimate of drug-likeness (QED) is 0.362. The maximum atomic E-state index is 8.48. The molecule has 0 amide bonds. The molecule has 0 aliphatic heterocycles. The van der Waals surface area contributed by atoms with E-state index in [9.17, 15) is 0 Å². The van der Waals surface area contributed by atoms with Crippen LogP contribution in [0.5, 0.6) is 5.75 Å². The number of aliphatic hydroxyl groups is 3. The summed E-state index contributed by atoms with van der Waals surface area (Å²) < 4.78 is 4.53. The SMILES string of the molecule is OB(O)Oc1ccccc1.OCCN(CCO)CCO. The van der Waals surface area contributed by atoms with E-state index in [0.29, 0.717) is 25.4 Å². The Balaban J connectivity index is 0.000000361. The lowest BCUT2D eigenvalue weighted by atomic mass is 10.2. The lowest BCUT2D eigenvalue weighted by Crippen LogP contribution is -2.32. The molecule has 1 rings (SSSR count). The van der Waals surface area contributed by atoms with E-state index in [4.69, 9.17) is 25.4 Å². The van der Waals surface area contributed by atoms with Crippen molar-refractivity contribution in [3.63, 3.8) is 0 Å². The fourth-order valence-electron chi connectivity index (χ4n) is 1.38. The summed E-state index contributed by atoms with van der Waals surface area (Å²) in [6, 6.07) is 8.59. The molecule has 7 nitrogen and oxygen atoms in total. The molecule has 114 valence electrons. The molecule has 20 heavy (non-hydrogen) atoms. The summed E-state index contributed by atoms with van der Waals surface area (Å²) in [5.41, 5.74) is 0. The third-order valence-electron chi connectivity index (χ3n) is 2.23. The van der Waals surface area contributed by atoms with Gasteiger partial charge < -0.3 is 30.0 Å². The van der Waals surface area contributed by atoms with Crippen molar-refractivity contribution in [2.24, 2.45) is 0 Å². The van der Waals surface area contributed by atoms with E-state index in [-0.39, 0.29) is 19.8 Å². The van der Waals surface area contributed by atoms with E-state index < -0.39 is 7.32 Å². The molecular formula is C12H22BNO6. The molecule has 0 atom stereocenters. The van der Waals surface area contributed by atoms with Crippen molar-refractivity contribution in [2.75, 3.05) is 39.5 Å². The Hall–Kier alpha value is -1.16. The average Bonchev–Trinajstić information content (AvgIpc) is 2.41. The van der Waals surface area contributed by atoms with Gasteiger partial charge in [-0.2, -0.15) is 0 Å². The summed E-state index contributed by atoms with van der Waals surface area (Å²) in [6.45, 7) is 1.75. The molecule has 8 heteroatoms. The van der Waals surface area contributed by atoms with Crippen molar-refractivity contribution in [1.82, 2.24) is 4.90 Å². The molecule has 0 fully saturated rings. The topological polar surface area (TPSA) is 114 Å². The minimum atomic E-state index is -1.73. The molecule has 0 aromatic heterocycles. The second-order valence-corrected chi connectivity index (χ2v) is 3.77. The smallest absolute Gasteiger partial charge is 0.512 e. The van der Waals surface area contributed by atoms with Crippen LogP contribution in [0.2, 0.25) is 0 Å². The molecular weight excluding hydrogens is 265 g/mol. The Labute approximate surface area is 118 Å². The zero-order chi connectivity index (χ0) is 15.2. The zero-order valence-electron chi connectivity index (χ0n) is 11.3. The number of rotatable bonds is 8. The van der Waals surface area contributed by atoms with E-state index in [1.54, 1.807) is 29.2 Å². The summed E-state index contributed by atoms with van der Waals surface area (Å²) in [6.07, 6.45) is 0. The van der Waals surface area contributed by atoms with Gasteiger partial charge in [0.25, 0.3) is 0 Å². The summed E-state index contributed by atoms with van der Waals surface area (Å²) >= 11 is 0. The molecule has 1 aromatic carbocycles. The van der Waals surface area contributed by atoms with Crippen LogP contribution in [0.3, 0.4) is 0 Å². The molecule has 5 N–H and O–H groups in total. The second-order valence-electron chi connectivity index (χ2n) is 3.77. The predicted molar refractivity (Wildman–Crippen MR) is 75.0 cm³/mol. The highest BCUT2D eigenvalue weighted by Crippen LogP contribution is 2.07. The largest absolute Gasteiger partial charge is 0.707 e. The average molecular weight is 287 g/mol. The van der Waals surface area contributed by atoms with Crippen molar-refractivity contribution >= 4 is 7.32 Å². The summed E-state index contributed by atoms with van der Waals surface area (Å²) in [5, 5.41) is 42.1. The van der Waals surface area contributed by atoms with Gasteiger partial charge in [0.1, 0.15) is 5.75 Å².